The molecule has 23 heavy (non-hydrogen) atoms. The molecule has 0 aliphatic rings. The average molecular weight is 353 g/mol. The van der Waals surface area contributed by atoms with Crippen molar-refractivity contribution in [2.45, 2.75) is 17.4 Å². The summed E-state index contributed by atoms with van der Waals surface area (Å²) >= 11 is 1.34. The van der Waals surface area contributed by atoms with Gasteiger partial charge in [0.25, 0.3) is 5.91 Å². The van der Waals surface area contributed by atoms with Crippen molar-refractivity contribution in [3.05, 3.63) is 52.2 Å². The summed E-state index contributed by atoms with van der Waals surface area (Å²) in [4.78, 5) is 24.1. The number of hydrogen-bond acceptors (Lipinski definition) is 5. The molecule has 0 saturated carbocycles. The van der Waals surface area contributed by atoms with Crippen LogP contribution in [0.2, 0.25) is 0 Å². The first kappa shape index (κ1) is 17.2. The molecule has 0 aliphatic carbocycles. The quantitative estimate of drug-likeness (QED) is 0.828. The maximum absolute atomic E-state index is 12.3. The van der Waals surface area contributed by atoms with Crippen LogP contribution in [0.4, 0.5) is 0 Å². The molecule has 1 heterocycles. The number of carbonyl (C=O) groups is 2. The van der Waals surface area contributed by atoms with Gasteiger partial charge in [-0.2, -0.15) is 0 Å². The van der Waals surface area contributed by atoms with E-state index >= 15 is 0 Å². The number of carboxylic acids is 1. The minimum Gasteiger partial charge on any atom is -0.481 e. The number of aliphatic carboxylic acids is 1. The van der Waals surface area contributed by atoms with E-state index in [0.29, 0.717) is 0 Å². The summed E-state index contributed by atoms with van der Waals surface area (Å²) in [5.74, 6) is -1.55. The van der Waals surface area contributed by atoms with Gasteiger partial charge in [0.05, 0.1) is 17.4 Å². The maximum Gasteiger partial charge on any atom is 0.305 e. The van der Waals surface area contributed by atoms with Crippen molar-refractivity contribution in [3.63, 3.8) is 0 Å². The van der Waals surface area contributed by atoms with E-state index in [4.69, 9.17) is 5.11 Å². The van der Waals surface area contributed by atoms with Gasteiger partial charge in [0, 0.05) is 16.7 Å². The van der Waals surface area contributed by atoms with E-state index in [2.05, 4.69) is 5.32 Å². The van der Waals surface area contributed by atoms with Gasteiger partial charge in [-0.15, -0.1) is 11.3 Å². The van der Waals surface area contributed by atoms with Gasteiger partial charge in [-0.1, -0.05) is 12.1 Å². The Bertz CT molecular complexity index is 812. The Kier molecular flexibility index (Phi) is 5.17. The molecule has 2 N–H and O–H groups in total. The number of rotatable bonds is 6. The lowest BCUT2D eigenvalue weighted by atomic mass is 10.1. The number of benzene rings is 1. The lowest BCUT2D eigenvalue weighted by molar-refractivity contribution is -0.137. The van der Waals surface area contributed by atoms with Gasteiger partial charge >= 0.3 is 5.97 Å². The molecular formula is C15H15NO5S2. The standard InChI is InChI=1S/C15H15NO5S2/c1-23(20,21)11-5-2-4-10(8-11)15(19)16-12(9-14(17)18)13-6-3-7-22-13/h2-8,12H,9H2,1H3,(H,16,19)(H,17,18)/t12-/m0/s1. The minimum absolute atomic E-state index is 0.0380. The molecule has 0 fully saturated rings. The number of carboxylic acid groups (broad SMARTS) is 1. The average Bonchev–Trinajstić information content (AvgIpc) is 2.99. The molecule has 1 aromatic heterocycles. The summed E-state index contributed by atoms with van der Waals surface area (Å²) in [6, 6.07) is 8.48. The van der Waals surface area contributed by atoms with Crippen molar-refractivity contribution >= 4 is 33.1 Å². The minimum atomic E-state index is -3.42. The monoisotopic (exact) mass is 353 g/mol. The van der Waals surface area contributed by atoms with Crippen molar-refractivity contribution < 1.29 is 23.1 Å². The Balaban J connectivity index is 2.24. The zero-order valence-electron chi connectivity index (χ0n) is 12.2. The van der Waals surface area contributed by atoms with Crippen LogP contribution in [0.1, 0.15) is 27.7 Å². The first-order chi connectivity index (χ1) is 10.8. The molecule has 0 radical (unpaired) electrons. The molecule has 0 unspecified atom stereocenters. The fraction of sp³-hybridized carbons (Fsp3) is 0.200. The van der Waals surface area contributed by atoms with E-state index in [9.17, 15) is 18.0 Å². The zero-order valence-corrected chi connectivity index (χ0v) is 13.9. The highest BCUT2D eigenvalue weighted by molar-refractivity contribution is 7.90. The smallest absolute Gasteiger partial charge is 0.305 e. The highest BCUT2D eigenvalue weighted by atomic mass is 32.2. The van der Waals surface area contributed by atoms with Crippen LogP contribution < -0.4 is 5.32 Å². The van der Waals surface area contributed by atoms with Crippen LogP contribution in [0.25, 0.3) is 0 Å². The van der Waals surface area contributed by atoms with E-state index in [0.717, 1.165) is 11.1 Å². The first-order valence-electron chi connectivity index (χ1n) is 6.63. The number of thiophene rings is 1. The molecule has 1 amide bonds. The normalized spacial score (nSPS) is 12.6. The maximum atomic E-state index is 12.3. The number of amides is 1. The van der Waals surface area contributed by atoms with Gasteiger partial charge in [0.1, 0.15) is 0 Å². The molecule has 8 heteroatoms. The molecule has 0 saturated heterocycles. The highest BCUT2D eigenvalue weighted by Gasteiger charge is 2.20. The molecule has 2 rings (SSSR count). The van der Waals surface area contributed by atoms with Crippen molar-refractivity contribution in [1.82, 2.24) is 5.32 Å². The molecule has 0 aliphatic heterocycles. The second-order valence-corrected chi connectivity index (χ2v) is 7.93. The largest absolute Gasteiger partial charge is 0.481 e. The van der Waals surface area contributed by atoms with E-state index in [1.165, 1.54) is 35.6 Å². The van der Waals surface area contributed by atoms with E-state index in [1.54, 1.807) is 17.5 Å². The molecular weight excluding hydrogens is 338 g/mol. The number of nitrogens with one attached hydrogen (secondary N) is 1. The third kappa shape index (κ3) is 4.64. The van der Waals surface area contributed by atoms with Gasteiger partial charge in [-0.3, -0.25) is 9.59 Å². The van der Waals surface area contributed by atoms with Crippen molar-refractivity contribution in [3.8, 4) is 0 Å². The highest BCUT2D eigenvalue weighted by Crippen LogP contribution is 2.23. The predicted molar refractivity (Wildman–Crippen MR) is 86.3 cm³/mol. The SMILES string of the molecule is CS(=O)(=O)c1cccc(C(=O)N[C@@H](CC(=O)O)c2cccs2)c1. The summed E-state index contributed by atoms with van der Waals surface area (Å²) in [7, 11) is -3.42. The topological polar surface area (TPSA) is 101 Å². The van der Waals surface area contributed by atoms with Gasteiger partial charge in [-0.25, -0.2) is 8.42 Å². The van der Waals surface area contributed by atoms with Crippen LogP contribution in [0.5, 0.6) is 0 Å². The first-order valence-corrected chi connectivity index (χ1v) is 9.40. The van der Waals surface area contributed by atoms with Crippen LogP contribution in [-0.2, 0) is 14.6 Å². The number of hydrogen-bond donors (Lipinski definition) is 2. The summed E-state index contributed by atoms with van der Waals surface area (Å²) in [6.07, 6.45) is 0.806. The van der Waals surface area contributed by atoms with Gasteiger partial charge in [0.2, 0.25) is 0 Å². The van der Waals surface area contributed by atoms with Crippen LogP contribution >= 0.6 is 11.3 Å². The Morgan fingerprint density at radius 3 is 2.57 bits per heavy atom. The summed E-state index contributed by atoms with van der Waals surface area (Å²) in [5.41, 5.74) is 0.167. The number of sulfone groups is 1. The fourth-order valence-electron chi connectivity index (χ4n) is 2.00. The molecule has 0 spiro atoms. The Labute approximate surface area is 137 Å². The van der Waals surface area contributed by atoms with Crippen molar-refractivity contribution in [2.24, 2.45) is 0 Å². The summed E-state index contributed by atoms with van der Waals surface area (Å²) < 4.78 is 23.1. The van der Waals surface area contributed by atoms with Crippen LogP contribution in [0, 0.1) is 0 Å². The summed E-state index contributed by atoms with van der Waals surface area (Å²) in [6.45, 7) is 0. The number of carbonyl (C=O) groups excluding carboxylic acids is 1. The van der Waals surface area contributed by atoms with Gasteiger partial charge in [0.15, 0.2) is 9.84 Å². The van der Waals surface area contributed by atoms with E-state index in [-0.39, 0.29) is 16.9 Å². The van der Waals surface area contributed by atoms with Gasteiger partial charge < -0.3 is 10.4 Å². The van der Waals surface area contributed by atoms with Crippen LogP contribution in [0.15, 0.2) is 46.7 Å². The second-order valence-electron chi connectivity index (χ2n) is 4.94. The van der Waals surface area contributed by atoms with E-state index < -0.39 is 27.8 Å². The van der Waals surface area contributed by atoms with Crippen LogP contribution in [0.3, 0.4) is 0 Å². The third-order valence-corrected chi connectivity index (χ3v) is 5.19. The lowest BCUT2D eigenvalue weighted by Gasteiger charge is -2.15. The molecule has 122 valence electrons. The Hall–Kier alpha value is -2.19. The molecule has 1 atom stereocenters. The third-order valence-electron chi connectivity index (χ3n) is 3.10. The van der Waals surface area contributed by atoms with Crippen LogP contribution in [-0.4, -0.2) is 31.7 Å². The second kappa shape index (κ2) is 6.93. The predicted octanol–water partition coefficient (Wildman–Crippen LogP) is 2.10. The van der Waals surface area contributed by atoms with E-state index in [1.807, 2.05) is 0 Å². The lowest BCUT2D eigenvalue weighted by Crippen LogP contribution is -2.29. The zero-order chi connectivity index (χ0) is 17.0. The summed E-state index contributed by atoms with van der Waals surface area (Å²) in [5, 5.41) is 13.4. The van der Waals surface area contributed by atoms with Crippen molar-refractivity contribution in [1.29, 1.82) is 0 Å². The Morgan fingerprint density at radius 1 is 1.26 bits per heavy atom. The molecule has 6 nitrogen and oxygen atoms in total. The van der Waals surface area contributed by atoms with Crippen molar-refractivity contribution in [2.75, 3.05) is 6.26 Å². The molecule has 2 aromatic rings. The Morgan fingerprint density at radius 2 is 2.00 bits per heavy atom. The van der Waals surface area contributed by atoms with Gasteiger partial charge in [-0.05, 0) is 29.6 Å². The molecule has 0 bridgehead atoms. The fourth-order valence-corrected chi connectivity index (χ4v) is 3.44. The molecule has 1 aromatic carbocycles.